The summed E-state index contributed by atoms with van der Waals surface area (Å²) in [5.41, 5.74) is 0. The second kappa shape index (κ2) is 11.0. The second-order valence-electron chi connectivity index (χ2n) is 3.90. The van der Waals surface area contributed by atoms with Crippen molar-refractivity contribution in [3.05, 3.63) is 0 Å². The van der Waals surface area contributed by atoms with Gasteiger partial charge < -0.3 is 9.47 Å². The molecule has 1 atom stereocenters. The summed E-state index contributed by atoms with van der Waals surface area (Å²) in [5.74, 6) is 0.859. The van der Waals surface area contributed by atoms with Crippen molar-refractivity contribution in [3.63, 3.8) is 0 Å². The summed E-state index contributed by atoms with van der Waals surface area (Å²) in [6.45, 7) is 4.10. The molecular weight excluding hydrogens is 176 g/mol. The normalized spacial score (nSPS) is 13.1. The largest absolute Gasteiger partial charge is 0.385 e. The van der Waals surface area contributed by atoms with E-state index in [2.05, 4.69) is 6.92 Å². The van der Waals surface area contributed by atoms with E-state index in [0.717, 1.165) is 19.1 Å². The van der Waals surface area contributed by atoms with Gasteiger partial charge in [0.2, 0.25) is 0 Å². The summed E-state index contributed by atoms with van der Waals surface area (Å²) in [4.78, 5) is 0. The number of rotatable bonds is 10. The zero-order valence-electron chi connectivity index (χ0n) is 10.1. The quantitative estimate of drug-likeness (QED) is 0.506. The Balaban J connectivity index is 3.24. The van der Waals surface area contributed by atoms with E-state index < -0.39 is 0 Å². The fourth-order valence-corrected chi connectivity index (χ4v) is 1.69. The Labute approximate surface area is 89.0 Å². The lowest BCUT2D eigenvalue weighted by Crippen LogP contribution is -2.03. The molecule has 0 aromatic heterocycles. The molecule has 0 aromatic carbocycles. The highest BCUT2D eigenvalue weighted by molar-refractivity contribution is 4.57. The SMILES string of the molecule is CCC(CCCCCOC)CCOC. The Morgan fingerprint density at radius 3 is 2.14 bits per heavy atom. The van der Waals surface area contributed by atoms with Crippen LogP contribution in [0.2, 0.25) is 0 Å². The first-order valence-corrected chi connectivity index (χ1v) is 5.83. The van der Waals surface area contributed by atoms with Crippen LogP contribution in [0.15, 0.2) is 0 Å². The molecule has 0 spiro atoms. The van der Waals surface area contributed by atoms with Gasteiger partial charge in [0.05, 0.1) is 0 Å². The highest BCUT2D eigenvalue weighted by Crippen LogP contribution is 2.17. The first-order chi connectivity index (χ1) is 6.85. The van der Waals surface area contributed by atoms with Gasteiger partial charge in [-0.05, 0) is 18.8 Å². The van der Waals surface area contributed by atoms with E-state index in [1.54, 1.807) is 14.2 Å². The third kappa shape index (κ3) is 8.52. The molecule has 14 heavy (non-hydrogen) atoms. The van der Waals surface area contributed by atoms with Crippen LogP contribution in [0.1, 0.15) is 45.4 Å². The minimum atomic E-state index is 0.859. The summed E-state index contributed by atoms with van der Waals surface area (Å²) in [7, 11) is 3.55. The maximum Gasteiger partial charge on any atom is 0.0464 e. The van der Waals surface area contributed by atoms with Crippen LogP contribution in [0.25, 0.3) is 0 Å². The number of hydrogen-bond acceptors (Lipinski definition) is 2. The molecule has 0 aliphatic carbocycles. The molecule has 0 N–H and O–H groups in total. The van der Waals surface area contributed by atoms with Crippen LogP contribution < -0.4 is 0 Å². The Bertz CT molecular complexity index is 104. The Morgan fingerprint density at radius 2 is 1.57 bits per heavy atom. The molecule has 2 nitrogen and oxygen atoms in total. The molecule has 0 aromatic rings. The molecule has 0 amide bonds. The molecule has 0 aliphatic heterocycles. The topological polar surface area (TPSA) is 18.5 Å². The van der Waals surface area contributed by atoms with Crippen molar-refractivity contribution < 1.29 is 9.47 Å². The van der Waals surface area contributed by atoms with Crippen LogP contribution >= 0.6 is 0 Å². The smallest absolute Gasteiger partial charge is 0.0464 e. The first kappa shape index (κ1) is 13.9. The summed E-state index contributed by atoms with van der Waals surface area (Å²) < 4.78 is 10.1. The van der Waals surface area contributed by atoms with E-state index in [0.29, 0.717) is 0 Å². The minimum Gasteiger partial charge on any atom is -0.385 e. The van der Waals surface area contributed by atoms with Gasteiger partial charge in [-0.2, -0.15) is 0 Å². The van der Waals surface area contributed by atoms with Gasteiger partial charge in [0.25, 0.3) is 0 Å². The van der Waals surface area contributed by atoms with Gasteiger partial charge in [0.1, 0.15) is 0 Å². The van der Waals surface area contributed by atoms with Gasteiger partial charge in [0, 0.05) is 27.4 Å². The lowest BCUT2D eigenvalue weighted by Gasteiger charge is -2.13. The zero-order valence-corrected chi connectivity index (χ0v) is 10.1. The van der Waals surface area contributed by atoms with Gasteiger partial charge >= 0.3 is 0 Å². The third-order valence-corrected chi connectivity index (χ3v) is 2.77. The summed E-state index contributed by atoms with van der Waals surface area (Å²) in [5, 5.41) is 0. The van der Waals surface area contributed by atoms with Gasteiger partial charge in [-0.1, -0.05) is 32.6 Å². The molecule has 2 heteroatoms. The fourth-order valence-electron chi connectivity index (χ4n) is 1.69. The maximum absolute atomic E-state index is 5.10. The van der Waals surface area contributed by atoms with Crippen molar-refractivity contribution in [1.82, 2.24) is 0 Å². The Morgan fingerprint density at radius 1 is 0.857 bits per heavy atom. The van der Waals surface area contributed by atoms with Crippen molar-refractivity contribution in [3.8, 4) is 0 Å². The van der Waals surface area contributed by atoms with Gasteiger partial charge in [-0.3, -0.25) is 0 Å². The molecule has 0 fully saturated rings. The van der Waals surface area contributed by atoms with Crippen molar-refractivity contribution in [2.45, 2.75) is 45.4 Å². The standard InChI is InChI=1S/C12H26O2/c1-4-12(9-11-14-3)8-6-5-7-10-13-2/h12H,4-11H2,1-3H3. The molecule has 0 saturated carbocycles. The van der Waals surface area contributed by atoms with Crippen LogP contribution in [-0.2, 0) is 9.47 Å². The number of unbranched alkanes of at least 4 members (excludes halogenated alkanes) is 2. The summed E-state index contributed by atoms with van der Waals surface area (Å²) >= 11 is 0. The molecule has 0 bridgehead atoms. The molecule has 86 valence electrons. The van der Waals surface area contributed by atoms with Crippen LogP contribution in [0, 0.1) is 5.92 Å². The van der Waals surface area contributed by atoms with Crippen molar-refractivity contribution in [2.75, 3.05) is 27.4 Å². The molecule has 0 aliphatic rings. The number of ether oxygens (including phenoxy) is 2. The van der Waals surface area contributed by atoms with E-state index >= 15 is 0 Å². The van der Waals surface area contributed by atoms with Crippen LogP contribution in [0.5, 0.6) is 0 Å². The van der Waals surface area contributed by atoms with E-state index in [1.807, 2.05) is 0 Å². The zero-order chi connectivity index (χ0) is 10.6. The lowest BCUT2D eigenvalue weighted by atomic mass is 9.96. The highest BCUT2D eigenvalue weighted by Gasteiger charge is 2.05. The molecule has 0 heterocycles. The molecule has 1 unspecified atom stereocenters. The van der Waals surface area contributed by atoms with Crippen LogP contribution in [0.4, 0.5) is 0 Å². The van der Waals surface area contributed by atoms with E-state index in [4.69, 9.17) is 9.47 Å². The van der Waals surface area contributed by atoms with E-state index in [-0.39, 0.29) is 0 Å². The van der Waals surface area contributed by atoms with Crippen LogP contribution in [-0.4, -0.2) is 27.4 Å². The number of methoxy groups -OCH3 is 2. The van der Waals surface area contributed by atoms with Crippen molar-refractivity contribution >= 4 is 0 Å². The average molecular weight is 202 g/mol. The molecule has 0 radical (unpaired) electrons. The van der Waals surface area contributed by atoms with E-state index in [1.165, 1.54) is 38.5 Å². The predicted molar refractivity (Wildman–Crippen MR) is 60.6 cm³/mol. The Hall–Kier alpha value is -0.0800. The first-order valence-electron chi connectivity index (χ1n) is 5.83. The summed E-state index contributed by atoms with van der Waals surface area (Å²) in [6.07, 6.45) is 7.70. The highest BCUT2D eigenvalue weighted by atomic mass is 16.5. The summed E-state index contributed by atoms with van der Waals surface area (Å²) in [6, 6.07) is 0. The molecule has 0 rings (SSSR count). The van der Waals surface area contributed by atoms with Crippen LogP contribution in [0.3, 0.4) is 0 Å². The minimum absolute atomic E-state index is 0.859. The Kier molecular flexibility index (Phi) is 10.9. The average Bonchev–Trinajstić information content (AvgIpc) is 2.22. The second-order valence-corrected chi connectivity index (χ2v) is 3.90. The fraction of sp³-hybridized carbons (Fsp3) is 1.00. The monoisotopic (exact) mass is 202 g/mol. The van der Waals surface area contributed by atoms with Gasteiger partial charge in [-0.15, -0.1) is 0 Å². The molecular formula is C12H26O2. The third-order valence-electron chi connectivity index (χ3n) is 2.77. The van der Waals surface area contributed by atoms with E-state index in [9.17, 15) is 0 Å². The van der Waals surface area contributed by atoms with Crippen molar-refractivity contribution in [1.29, 1.82) is 0 Å². The van der Waals surface area contributed by atoms with Crippen molar-refractivity contribution in [2.24, 2.45) is 5.92 Å². The molecule has 0 saturated heterocycles. The van der Waals surface area contributed by atoms with Gasteiger partial charge in [-0.25, -0.2) is 0 Å². The lowest BCUT2D eigenvalue weighted by molar-refractivity contribution is 0.171. The van der Waals surface area contributed by atoms with Gasteiger partial charge in [0.15, 0.2) is 0 Å². The maximum atomic E-state index is 5.10. The predicted octanol–water partition coefficient (Wildman–Crippen LogP) is 3.26. The number of hydrogen-bond donors (Lipinski definition) is 0.